The molecule has 5 heteroatoms. The molecular weight excluding hydrogens is 298 g/mol. The van der Waals surface area contributed by atoms with Gasteiger partial charge in [0.05, 0.1) is 19.0 Å². The predicted octanol–water partition coefficient (Wildman–Crippen LogP) is 3.19. The molecule has 2 heterocycles. The van der Waals surface area contributed by atoms with Crippen molar-refractivity contribution in [1.82, 2.24) is 4.90 Å². The summed E-state index contributed by atoms with van der Waals surface area (Å²) in [5.41, 5.74) is 0. The Morgan fingerprint density at radius 2 is 2.27 bits per heavy atom. The monoisotopic (exact) mass is 321 g/mol. The Bertz CT molecular complexity index is 562. The first-order valence-electron chi connectivity index (χ1n) is 7.78. The van der Waals surface area contributed by atoms with Gasteiger partial charge in [-0.1, -0.05) is 0 Å². The molecule has 0 bridgehead atoms. The molecule has 120 valence electrons. The van der Waals surface area contributed by atoms with Gasteiger partial charge in [-0.05, 0) is 44.0 Å². The van der Waals surface area contributed by atoms with Crippen LogP contribution in [0.25, 0.3) is 0 Å². The zero-order valence-electron chi connectivity index (χ0n) is 12.9. The number of furan rings is 1. The van der Waals surface area contributed by atoms with Crippen LogP contribution in [-0.4, -0.2) is 35.3 Å². The number of rotatable bonds is 9. The first-order chi connectivity index (χ1) is 10.7. The van der Waals surface area contributed by atoms with E-state index in [1.165, 1.54) is 22.6 Å². The third-order valence-corrected chi connectivity index (χ3v) is 4.78. The largest absolute Gasteiger partial charge is 0.467 e. The summed E-state index contributed by atoms with van der Waals surface area (Å²) in [5.74, 6) is 0.792. The molecule has 1 saturated carbocycles. The number of ether oxygens (including phenoxy) is 1. The second-order valence-electron chi connectivity index (χ2n) is 5.92. The van der Waals surface area contributed by atoms with Crippen molar-refractivity contribution in [1.29, 1.82) is 0 Å². The number of hydrogen-bond donors (Lipinski definition) is 1. The van der Waals surface area contributed by atoms with Crippen molar-refractivity contribution in [2.45, 2.75) is 45.1 Å². The van der Waals surface area contributed by atoms with Crippen molar-refractivity contribution in [3.05, 3.63) is 46.0 Å². The van der Waals surface area contributed by atoms with E-state index in [0.29, 0.717) is 25.8 Å². The SMILES string of the molecule is Cc1ccc(CN(CC(O)COCc2ccco2)C2CC2)s1. The lowest BCUT2D eigenvalue weighted by Crippen LogP contribution is -2.35. The van der Waals surface area contributed by atoms with Crippen LogP contribution in [0.1, 0.15) is 28.4 Å². The smallest absolute Gasteiger partial charge is 0.129 e. The van der Waals surface area contributed by atoms with Crippen LogP contribution in [0.3, 0.4) is 0 Å². The lowest BCUT2D eigenvalue weighted by molar-refractivity contribution is 0.00261. The summed E-state index contributed by atoms with van der Waals surface area (Å²) in [5, 5.41) is 10.2. The van der Waals surface area contributed by atoms with Crippen LogP contribution < -0.4 is 0 Å². The maximum atomic E-state index is 10.2. The third-order valence-electron chi connectivity index (χ3n) is 3.80. The highest BCUT2D eigenvalue weighted by Crippen LogP contribution is 2.29. The van der Waals surface area contributed by atoms with Crippen LogP contribution in [0.4, 0.5) is 0 Å². The van der Waals surface area contributed by atoms with Gasteiger partial charge in [-0.25, -0.2) is 0 Å². The molecule has 1 aliphatic rings. The fourth-order valence-electron chi connectivity index (χ4n) is 2.57. The molecule has 1 unspecified atom stereocenters. The Morgan fingerprint density at radius 1 is 1.41 bits per heavy atom. The summed E-state index contributed by atoms with van der Waals surface area (Å²) in [4.78, 5) is 5.09. The molecular formula is C17H23NO3S. The molecule has 4 nitrogen and oxygen atoms in total. The van der Waals surface area contributed by atoms with Gasteiger partial charge in [-0.2, -0.15) is 0 Å². The fourth-order valence-corrected chi connectivity index (χ4v) is 3.48. The van der Waals surface area contributed by atoms with Gasteiger partial charge in [-0.15, -0.1) is 11.3 Å². The molecule has 0 saturated heterocycles. The van der Waals surface area contributed by atoms with E-state index < -0.39 is 6.10 Å². The minimum atomic E-state index is -0.461. The first kappa shape index (κ1) is 15.7. The highest BCUT2D eigenvalue weighted by molar-refractivity contribution is 7.11. The zero-order valence-corrected chi connectivity index (χ0v) is 13.7. The molecule has 2 aromatic heterocycles. The highest BCUT2D eigenvalue weighted by atomic mass is 32.1. The van der Waals surface area contributed by atoms with Gasteiger partial charge in [0.25, 0.3) is 0 Å². The third kappa shape index (κ3) is 4.68. The van der Waals surface area contributed by atoms with Gasteiger partial charge in [0.15, 0.2) is 0 Å². The van der Waals surface area contributed by atoms with Crippen LogP contribution in [0.2, 0.25) is 0 Å². The topological polar surface area (TPSA) is 45.8 Å². The molecule has 0 spiro atoms. The van der Waals surface area contributed by atoms with Crippen LogP contribution in [-0.2, 0) is 17.9 Å². The zero-order chi connectivity index (χ0) is 15.4. The summed E-state index contributed by atoms with van der Waals surface area (Å²) in [6, 6.07) is 8.69. The summed E-state index contributed by atoms with van der Waals surface area (Å²) < 4.78 is 10.7. The van der Waals surface area contributed by atoms with Crippen molar-refractivity contribution >= 4 is 11.3 Å². The lowest BCUT2D eigenvalue weighted by atomic mass is 10.3. The van der Waals surface area contributed by atoms with Gasteiger partial charge in [0.2, 0.25) is 0 Å². The second-order valence-corrected chi connectivity index (χ2v) is 7.29. The maximum absolute atomic E-state index is 10.2. The molecule has 1 aliphatic carbocycles. The van der Waals surface area contributed by atoms with E-state index in [-0.39, 0.29) is 0 Å². The number of aliphatic hydroxyl groups excluding tert-OH is 1. The Hall–Kier alpha value is -1.14. The molecule has 0 aliphatic heterocycles. The summed E-state index contributed by atoms with van der Waals surface area (Å²) in [7, 11) is 0. The molecule has 1 atom stereocenters. The minimum absolute atomic E-state index is 0.341. The van der Waals surface area contributed by atoms with Gasteiger partial charge >= 0.3 is 0 Å². The Kier molecular flexibility index (Phi) is 5.31. The van der Waals surface area contributed by atoms with Crippen molar-refractivity contribution < 1.29 is 14.3 Å². The standard InChI is InChI=1S/C17H23NO3S/c1-13-4-7-17(22-13)10-18(14-5-6-14)9-15(19)11-20-12-16-3-2-8-21-16/h2-4,7-8,14-15,19H,5-6,9-12H2,1H3. The Morgan fingerprint density at radius 3 is 2.91 bits per heavy atom. The molecule has 0 aromatic carbocycles. The number of thiophene rings is 1. The van der Waals surface area contributed by atoms with Crippen molar-refractivity contribution in [2.75, 3.05) is 13.2 Å². The number of hydrogen-bond acceptors (Lipinski definition) is 5. The minimum Gasteiger partial charge on any atom is -0.467 e. The quantitative estimate of drug-likeness (QED) is 0.770. The average molecular weight is 321 g/mol. The molecule has 1 fully saturated rings. The molecule has 2 aromatic rings. The number of aliphatic hydroxyl groups is 1. The summed E-state index contributed by atoms with van der Waals surface area (Å²) in [6.07, 6.45) is 3.65. The van der Waals surface area contributed by atoms with Gasteiger partial charge in [0.1, 0.15) is 12.4 Å². The number of nitrogens with zero attached hydrogens (tertiary/aromatic N) is 1. The summed E-state index contributed by atoms with van der Waals surface area (Å²) in [6.45, 7) is 4.48. The van der Waals surface area contributed by atoms with Gasteiger partial charge in [-0.3, -0.25) is 4.90 Å². The van der Waals surface area contributed by atoms with Crippen LogP contribution in [0.5, 0.6) is 0 Å². The number of aryl methyl sites for hydroxylation is 1. The summed E-state index contributed by atoms with van der Waals surface area (Å²) >= 11 is 1.84. The van der Waals surface area contributed by atoms with Crippen LogP contribution in [0.15, 0.2) is 34.9 Å². The Labute approximate surface area is 135 Å². The van der Waals surface area contributed by atoms with Gasteiger partial charge in [0, 0.05) is 28.9 Å². The van der Waals surface area contributed by atoms with Gasteiger partial charge < -0.3 is 14.3 Å². The van der Waals surface area contributed by atoms with Crippen molar-refractivity contribution in [2.24, 2.45) is 0 Å². The predicted molar refractivity (Wildman–Crippen MR) is 86.9 cm³/mol. The average Bonchev–Trinajstić information content (AvgIpc) is 3.06. The molecule has 22 heavy (non-hydrogen) atoms. The fraction of sp³-hybridized carbons (Fsp3) is 0.529. The maximum Gasteiger partial charge on any atom is 0.129 e. The van der Waals surface area contributed by atoms with Crippen molar-refractivity contribution in [3.8, 4) is 0 Å². The first-order valence-corrected chi connectivity index (χ1v) is 8.60. The van der Waals surface area contributed by atoms with E-state index in [1.807, 2.05) is 23.5 Å². The molecule has 0 radical (unpaired) electrons. The molecule has 0 amide bonds. The van der Waals surface area contributed by atoms with E-state index in [0.717, 1.165) is 12.3 Å². The normalized spacial score (nSPS) is 16.3. The van der Waals surface area contributed by atoms with Crippen LogP contribution in [0, 0.1) is 6.92 Å². The lowest BCUT2D eigenvalue weighted by Gasteiger charge is -2.24. The van der Waals surface area contributed by atoms with E-state index in [2.05, 4.69) is 24.0 Å². The molecule has 1 N–H and O–H groups in total. The highest BCUT2D eigenvalue weighted by Gasteiger charge is 2.30. The molecule has 3 rings (SSSR count). The van der Waals surface area contributed by atoms with Crippen molar-refractivity contribution in [3.63, 3.8) is 0 Å². The van der Waals surface area contributed by atoms with E-state index in [9.17, 15) is 5.11 Å². The van der Waals surface area contributed by atoms with E-state index in [4.69, 9.17) is 9.15 Å². The second kappa shape index (κ2) is 7.42. The van der Waals surface area contributed by atoms with E-state index in [1.54, 1.807) is 6.26 Å². The van der Waals surface area contributed by atoms with Crippen LogP contribution >= 0.6 is 11.3 Å². The van der Waals surface area contributed by atoms with E-state index >= 15 is 0 Å². The Balaban J connectivity index is 1.44.